The highest BCUT2D eigenvalue weighted by molar-refractivity contribution is 6.02. The summed E-state index contributed by atoms with van der Waals surface area (Å²) in [6.45, 7) is 2.17. The maximum atomic E-state index is 11.9. The van der Waals surface area contributed by atoms with E-state index in [1.807, 2.05) is 30.3 Å². The van der Waals surface area contributed by atoms with Crippen LogP contribution in [0.4, 0.5) is 0 Å². The lowest BCUT2D eigenvalue weighted by atomic mass is 9.79. The monoisotopic (exact) mass is 299 g/mol. The van der Waals surface area contributed by atoms with Crippen molar-refractivity contribution >= 4 is 22.3 Å². The van der Waals surface area contributed by atoms with Crippen LogP contribution in [0.3, 0.4) is 0 Å². The molecular formula is C17H17NO4. The summed E-state index contributed by atoms with van der Waals surface area (Å²) in [7, 11) is 0. The van der Waals surface area contributed by atoms with Crippen molar-refractivity contribution in [3.63, 3.8) is 0 Å². The summed E-state index contributed by atoms with van der Waals surface area (Å²) in [6.07, 6.45) is 0. The van der Waals surface area contributed by atoms with Crippen LogP contribution in [0.25, 0.3) is 10.8 Å². The Kier molecular flexibility index (Phi) is 4.65. The third kappa shape index (κ3) is 3.19. The molecular weight excluding hydrogens is 282 g/mol. The van der Waals surface area contributed by atoms with Gasteiger partial charge in [0.15, 0.2) is 0 Å². The largest absolute Gasteiger partial charge is 0.299 e. The van der Waals surface area contributed by atoms with E-state index >= 15 is 0 Å². The molecule has 5 nitrogen and oxygen atoms in total. The fourth-order valence-electron chi connectivity index (χ4n) is 2.97. The molecule has 0 bridgehead atoms. The molecule has 0 fully saturated rings. The number of benzene rings is 2. The van der Waals surface area contributed by atoms with Crippen molar-refractivity contribution in [1.29, 1.82) is 0 Å². The fourth-order valence-corrected chi connectivity index (χ4v) is 2.97. The molecule has 22 heavy (non-hydrogen) atoms. The van der Waals surface area contributed by atoms with E-state index in [4.69, 9.17) is 0 Å². The maximum Gasteiger partial charge on any atom is 0.211 e. The topological polar surface area (TPSA) is 77.3 Å². The molecule has 0 saturated heterocycles. The van der Waals surface area contributed by atoms with Gasteiger partial charge in [0.05, 0.1) is 11.8 Å². The summed E-state index contributed by atoms with van der Waals surface area (Å²) >= 11 is 0. The molecule has 0 aliphatic heterocycles. The Balaban J connectivity index is 2.64. The SMILES string of the molecule is CC(=O)C(C(C)=O)C(C[N+](=O)[O-])c1cccc2ccccc12. The Morgan fingerprint density at radius 2 is 1.64 bits per heavy atom. The van der Waals surface area contributed by atoms with Crippen LogP contribution in [0, 0.1) is 16.0 Å². The summed E-state index contributed by atoms with van der Waals surface area (Å²) < 4.78 is 0. The van der Waals surface area contributed by atoms with Gasteiger partial charge in [0, 0.05) is 4.92 Å². The van der Waals surface area contributed by atoms with Crippen LogP contribution in [0.2, 0.25) is 0 Å². The second-order valence-corrected chi connectivity index (χ2v) is 5.39. The first-order chi connectivity index (χ1) is 10.4. The number of nitrogens with zero attached hydrogens (tertiary/aromatic N) is 1. The van der Waals surface area contributed by atoms with Crippen molar-refractivity contribution in [1.82, 2.24) is 0 Å². The number of ketones is 2. The first-order valence-electron chi connectivity index (χ1n) is 7.02. The molecule has 2 rings (SSSR count). The van der Waals surface area contributed by atoms with Crippen molar-refractivity contribution in [2.75, 3.05) is 6.54 Å². The van der Waals surface area contributed by atoms with Gasteiger partial charge in [-0.25, -0.2) is 0 Å². The van der Waals surface area contributed by atoms with E-state index in [9.17, 15) is 19.7 Å². The van der Waals surface area contributed by atoms with Gasteiger partial charge in [-0.05, 0) is 30.2 Å². The number of fused-ring (bicyclic) bond motifs is 1. The molecule has 114 valence electrons. The predicted molar refractivity (Wildman–Crippen MR) is 83.4 cm³/mol. The second kappa shape index (κ2) is 6.47. The molecule has 2 aromatic rings. The third-order valence-corrected chi connectivity index (χ3v) is 3.85. The van der Waals surface area contributed by atoms with Crippen LogP contribution in [-0.4, -0.2) is 23.0 Å². The molecule has 0 aromatic heterocycles. The van der Waals surface area contributed by atoms with Gasteiger partial charge < -0.3 is 0 Å². The molecule has 0 N–H and O–H groups in total. The van der Waals surface area contributed by atoms with Crippen LogP contribution in [0.5, 0.6) is 0 Å². The van der Waals surface area contributed by atoms with E-state index in [2.05, 4.69) is 0 Å². The Bertz CT molecular complexity index is 719. The Morgan fingerprint density at radius 1 is 1.05 bits per heavy atom. The van der Waals surface area contributed by atoms with Gasteiger partial charge in [0.25, 0.3) is 0 Å². The average Bonchev–Trinajstić information content (AvgIpc) is 2.44. The lowest BCUT2D eigenvalue weighted by molar-refractivity contribution is -0.484. The van der Waals surface area contributed by atoms with Crippen LogP contribution in [-0.2, 0) is 9.59 Å². The number of carbonyl (C=O) groups is 2. The molecule has 0 heterocycles. The van der Waals surface area contributed by atoms with E-state index in [1.54, 1.807) is 12.1 Å². The van der Waals surface area contributed by atoms with Gasteiger partial charge in [-0.2, -0.15) is 0 Å². The summed E-state index contributed by atoms with van der Waals surface area (Å²) in [5, 5.41) is 12.8. The van der Waals surface area contributed by atoms with E-state index < -0.39 is 23.3 Å². The molecule has 5 heteroatoms. The van der Waals surface area contributed by atoms with Gasteiger partial charge in [0.2, 0.25) is 6.54 Å². The zero-order valence-electron chi connectivity index (χ0n) is 12.5. The molecule has 1 unspecified atom stereocenters. The average molecular weight is 299 g/mol. The minimum Gasteiger partial charge on any atom is -0.299 e. The number of carbonyl (C=O) groups excluding carboxylic acids is 2. The van der Waals surface area contributed by atoms with Gasteiger partial charge in [0.1, 0.15) is 11.6 Å². The smallest absolute Gasteiger partial charge is 0.211 e. The normalized spacial score (nSPS) is 12.3. The summed E-state index contributed by atoms with van der Waals surface area (Å²) in [5.74, 6) is -2.42. The van der Waals surface area contributed by atoms with Crippen LogP contribution < -0.4 is 0 Å². The van der Waals surface area contributed by atoms with Crippen molar-refractivity contribution in [3.05, 3.63) is 58.1 Å². The van der Waals surface area contributed by atoms with Crippen molar-refractivity contribution in [3.8, 4) is 0 Å². The summed E-state index contributed by atoms with van der Waals surface area (Å²) in [6, 6.07) is 12.9. The van der Waals surface area contributed by atoms with Crippen LogP contribution in [0.1, 0.15) is 25.3 Å². The van der Waals surface area contributed by atoms with Crippen LogP contribution >= 0.6 is 0 Å². The first kappa shape index (κ1) is 15.8. The highest BCUT2D eigenvalue weighted by Gasteiger charge is 2.35. The number of nitro groups is 1. The molecule has 0 amide bonds. The predicted octanol–water partition coefficient (Wildman–Crippen LogP) is 2.99. The van der Waals surface area contributed by atoms with Crippen LogP contribution in [0.15, 0.2) is 42.5 Å². The van der Waals surface area contributed by atoms with Gasteiger partial charge in [-0.15, -0.1) is 0 Å². The second-order valence-electron chi connectivity index (χ2n) is 5.39. The molecule has 0 saturated carbocycles. The lowest BCUT2D eigenvalue weighted by Gasteiger charge is -2.21. The first-order valence-corrected chi connectivity index (χ1v) is 7.02. The van der Waals surface area contributed by atoms with Crippen molar-refractivity contribution in [2.45, 2.75) is 19.8 Å². The Hall–Kier alpha value is -2.56. The van der Waals surface area contributed by atoms with E-state index in [0.717, 1.165) is 10.8 Å². The molecule has 0 spiro atoms. The zero-order chi connectivity index (χ0) is 16.3. The fraction of sp³-hybridized carbons (Fsp3) is 0.294. The quantitative estimate of drug-likeness (QED) is 0.466. The highest BCUT2D eigenvalue weighted by atomic mass is 16.6. The maximum absolute atomic E-state index is 11.9. The molecule has 0 radical (unpaired) electrons. The highest BCUT2D eigenvalue weighted by Crippen LogP contribution is 2.32. The third-order valence-electron chi connectivity index (χ3n) is 3.85. The molecule has 1 atom stereocenters. The number of rotatable bonds is 6. The summed E-state index contributed by atoms with van der Waals surface area (Å²) in [4.78, 5) is 34.3. The minimum atomic E-state index is -0.990. The van der Waals surface area contributed by atoms with E-state index in [-0.39, 0.29) is 11.6 Å². The zero-order valence-corrected chi connectivity index (χ0v) is 12.5. The summed E-state index contributed by atoms with van der Waals surface area (Å²) in [5.41, 5.74) is 0.671. The number of Topliss-reactive ketones (excluding diaryl/α,β-unsaturated/α-hetero) is 2. The van der Waals surface area contributed by atoms with Crippen molar-refractivity contribution < 1.29 is 14.5 Å². The number of hydrogen-bond donors (Lipinski definition) is 0. The lowest BCUT2D eigenvalue weighted by Crippen LogP contribution is -2.31. The Morgan fingerprint density at radius 3 is 2.23 bits per heavy atom. The van der Waals surface area contributed by atoms with E-state index in [0.29, 0.717) is 5.56 Å². The standard InChI is InChI=1S/C17H17NO4/c1-11(19)17(12(2)20)16(10-18(21)22)15-9-5-7-13-6-3-4-8-14(13)15/h3-9,16-17H,10H2,1-2H3. The minimum absolute atomic E-state index is 0.340. The number of hydrogen-bond acceptors (Lipinski definition) is 4. The van der Waals surface area contributed by atoms with Gasteiger partial charge >= 0.3 is 0 Å². The van der Waals surface area contributed by atoms with Gasteiger partial charge in [-0.3, -0.25) is 19.7 Å². The molecule has 0 aliphatic rings. The Labute approximate surface area is 128 Å². The van der Waals surface area contributed by atoms with E-state index in [1.165, 1.54) is 13.8 Å². The van der Waals surface area contributed by atoms with Gasteiger partial charge in [-0.1, -0.05) is 42.5 Å². The molecule has 2 aromatic carbocycles. The van der Waals surface area contributed by atoms with Crippen molar-refractivity contribution in [2.24, 2.45) is 5.92 Å². The molecule has 0 aliphatic carbocycles.